The highest BCUT2D eigenvalue weighted by Gasteiger charge is 2.46. The van der Waals surface area contributed by atoms with Crippen LogP contribution in [-0.4, -0.2) is 276 Å². The van der Waals surface area contributed by atoms with Gasteiger partial charge in [0, 0.05) is 45.3 Å². The highest BCUT2D eigenvalue weighted by atomic mass is 16.7. The van der Waals surface area contributed by atoms with Gasteiger partial charge in [-0.3, -0.25) is 24.0 Å². The Morgan fingerprint density at radius 3 is 1.40 bits per heavy atom. The standard InChI is InChI=1S/C38H62N4O25/c43-15-18-27(52)30(55)33(58)36(64-18)61-10-7-39-21(46)13-41(22(47)3-1-2-4-26(51)67-42-23(48)5-6-24(42)49)14-25(50)40(8-11-62-37-34(59)31(56)28(53)19(16-44)65-37)9-12-63-38-35(60)32(57)29(54)20(17-45)66-38/h18-20,27-38,43-45,52-60H,1-17H2,(H,39,46)/t18-,19-,20-,27-,28-,29-,30+,31+,32+,33+,34+,35+,36+,37+,38+/m1/s1. The molecule has 0 aromatic carbocycles. The Hall–Kier alpha value is -3.70. The molecule has 15 atom stereocenters. The number of aliphatic hydroxyl groups is 12. The monoisotopic (exact) mass is 974 g/mol. The zero-order valence-electron chi connectivity index (χ0n) is 36.2. The summed E-state index contributed by atoms with van der Waals surface area (Å²) >= 11 is 0. The fraction of sp³-hybridized carbons (Fsp3) is 0.842. The Kier molecular flexibility index (Phi) is 22.4. The van der Waals surface area contributed by atoms with Crippen molar-refractivity contribution in [3.63, 3.8) is 0 Å². The number of carbonyl (C=O) groups is 6. The van der Waals surface area contributed by atoms with Gasteiger partial charge in [0.1, 0.15) is 86.3 Å². The van der Waals surface area contributed by atoms with Gasteiger partial charge in [0.15, 0.2) is 18.9 Å². The second-order valence-corrected chi connectivity index (χ2v) is 15.9. The average Bonchev–Trinajstić information content (AvgIpc) is 3.62. The molecule has 0 radical (unpaired) electrons. The molecule has 4 heterocycles. The van der Waals surface area contributed by atoms with E-state index in [0.29, 0.717) is 5.06 Å². The van der Waals surface area contributed by atoms with Crippen molar-refractivity contribution in [1.82, 2.24) is 20.2 Å². The molecule has 0 saturated carbocycles. The number of ether oxygens (including phenoxy) is 6. The lowest BCUT2D eigenvalue weighted by molar-refractivity contribution is -0.303. The summed E-state index contributed by atoms with van der Waals surface area (Å²) in [4.78, 5) is 83.5. The maximum absolute atomic E-state index is 14.0. The summed E-state index contributed by atoms with van der Waals surface area (Å²) in [5.41, 5.74) is 0. The van der Waals surface area contributed by atoms with E-state index in [4.69, 9.17) is 33.3 Å². The summed E-state index contributed by atoms with van der Waals surface area (Å²) in [6.45, 7) is -6.19. The van der Waals surface area contributed by atoms with Gasteiger partial charge in [-0.25, -0.2) is 4.79 Å². The number of nitrogens with one attached hydrogen (secondary N) is 1. The maximum Gasteiger partial charge on any atom is 0.333 e. The van der Waals surface area contributed by atoms with E-state index in [1.165, 1.54) is 0 Å². The predicted molar refractivity (Wildman–Crippen MR) is 211 cm³/mol. The predicted octanol–water partition coefficient (Wildman–Crippen LogP) is -9.62. The molecular formula is C38H62N4O25. The van der Waals surface area contributed by atoms with E-state index in [9.17, 15) is 90.0 Å². The van der Waals surface area contributed by atoms with Crippen LogP contribution in [0.3, 0.4) is 0 Å². The van der Waals surface area contributed by atoms with Crippen LogP contribution in [-0.2, 0) is 62.0 Å². The Labute approximate surface area is 381 Å². The number of aliphatic hydroxyl groups excluding tert-OH is 12. The Balaban J connectivity index is 1.43. The van der Waals surface area contributed by atoms with Crippen molar-refractivity contribution in [2.45, 2.75) is 131 Å². The third-order valence-electron chi connectivity index (χ3n) is 11.1. The number of hydrogen-bond acceptors (Lipinski definition) is 25. The number of nitrogens with zero attached hydrogens (tertiary/aromatic N) is 3. The molecule has 67 heavy (non-hydrogen) atoms. The van der Waals surface area contributed by atoms with Gasteiger partial charge in [0.2, 0.25) is 17.7 Å². The molecule has 0 aliphatic carbocycles. The molecule has 4 fully saturated rings. The Morgan fingerprint density at radius 2 is 0.970 bits per heavy atom. The number of hydrogen-bond donors (Lipinski definition) is 13. The van der Waals surface area contributed by atoms with Crippen molar-refractivity contribution in [2.24, 2.45) is 0 Å². The van der Waals surface area contributed by atoms with Crippen LogP contribution in [0.2, 0.25) is 0 Å². The van der Waals surface area contributed by atoms with Gasteiger partial charge in [0.05, 0.1) is 39.6 Å². The SMILES string of the molecule is O=C(CN(CC(=O)N(CCO[C@H]1O[C@H](CO)[C@@H](O)[C@H](O)[C@@H]1O)CCO[C@H]1O[C@H](CO)[C@@H](O)[C@H](O)[C@@H]1O)C(=O)CCCCC(=O)ON1C(=O)CCC1=O)NCCO[C@H]1O[C@H](CO)[C@@H](O)[C@H](O)[C@@H]1O. The normalized spacial score (nSPS) is 33.4. The first-order chi connectivity index (χ1) is 31.8. The van der Waals surface area contributed by atoms with Crippen LogP contribution >= 0.6 is 0 Å². The van der Waals surface area contributed by atoms with E-state index in [-0.39, 0.29) is 64.8 Å². The van der Waals surface area contributed by atoms with Gasteiger partial charge >= 0.3 is 5.97 Å². The third-order valence-corrected chi connectivity index (χ3v) is 11.1. The molecule has 0 aromatic heterocycles. The van der Waals surface area contributed by atoms with E-state index in [1.807, 2.05) is 0 Å². The minimum absolute atomic E-state index is 0.000770. The van der Waals surface area contributed by atoms with E-state index in [2.05, 4.69) is 5.32 Å². The molecule has 4 saturated heterocycles. The number of imide groups is 1. The zero-order chi connectivity index (χ0) is 49.5. The number of carbonyl (C=O) groups excluding carboxylic acids is 6. The summed E-state index contributed by atoms with van der Waals surface area (Å²) in [7, 11) is 0. The second-order valence-electron chi connectivity index (χ2n) is 15.9. The molecule has 5 amide bonds. The molecule has 13 N–H and O–H groups in total. The lowest BCUT2D eigenvalue weighted by Crippen LogP contribution is -2.59. The molecule has 0 aromatic rings. The number of rotatable bonds is 25. The summed E-state index contributed by atoms with van der Waals surface area (Å²) in [6, 6.07) is 0. The smallest absolute Gasteiger partial charge is 0.333 e. The molecule has 0 spiro atoms. The van der Waals surface area contributed by atoms with Crippen LogP contribution in [0.25, 0.3) is 0 Å². The molecule has 4 rings (SSSR count). The van der Waals surface area contributed by atoms with Gasteiger partial charge in [-0.2, -0.15) is 0 Å². The maximum atomic E-state index is 14.0. The van der Waals surface area contributed by atoms with Gasteiger partial charge in [-0.05, 0) is 12.8 Å². The Bertz CT molecular complexity index is 1570. The first kappa shape index (κ1) is 55.9. The zero-order valence-corrected chi connectivity index (χ0v) is 36.2. The minimum Gasteiger partial charge on any atom is -0.394 e. The van der Waals surface area contributed by atoms with Gasteiger partial charge < -0.3 is 110 Å². The highest BCUT2D eigenvalue weighted by Crippen LogP contribution is 2.24. The minimum atomic E-state index is -1.81. The van der Waals surface area contributed by atoms with Crippen molar-refractivity contribution < 1.29 is 123 Å². The lowest BCUT2D eigenvalue weighted by atomic mass is 9.99. The quantitative estimate of drug-likeness (QED) is 0.0298. The molecule has 29 nitrogen and oxygen atoms in total. The van der Waals surface area contributed by atoms with Crippen molar-refractivity contribution in [3.05, 3.63) is 0 Å². The van der Waals surface area contributed by atoms with Crippen LogP contribution in [0.1, 0.15) is 38.5 Å². The first-order valence-electron chi connectivity index (χ1n) is 21.5. The number of amides is 5. The molecule has 4 aliphatic rings. The molecule has 0 bridgehead atoms. The third kappa shape index (κ3) is 15.4. The fourth-order valence-corrected chi connectivity index (χ4v) is 7.13. The first-order valence-corrected chi connectivity index (χ1v) is 21.5. The lowest BCUT2D eigenvalue weighted by Gasteiger charge is -2.40. The van der Waals surface area contributed by atoms with Crippen LogP contribution in [0.5, 0.6) is 0 Å². The van der Waals surface area contributed by atoms with E-state index < -0.39 is 174 Å². The number of hydroxylamine groups is 2. The molecule has 0 unspecified atom stereocenters. The average molecular weight is 975 g/mol. The van der Waals surface area contributed by atoms with E-state index in [0.717, 1.165) is 9.80 Å². The molecule has 4 aliphatic heterocycles. The van der Waals surface area contributed by atoms with Crippen molar-refractivity contribution in [3.8, 4) is 0 Å². The summed E-state index contributed by atoms with van der Waals surface area (Å²) in [5.74, 6) is -4.81. The fourth-order valence-electron chi connectivity index (χ4n) is 7.13. The summed E-state index contributed by atoms with van der Waals surface area (Å²) in [5, 5.41) is 123. The molecular weight excluding hydrogens is 912 g/mol. The van der Waals surface area contributed by atoms with Crippen LogP contribution in [0.15, 0.2) is 0 Å². The van der Waals surface area contributed by atoms with Crippen molar-refractivity contribution in [1.29, 1.82) is 0 Å². The highest BCUT2D eigenvalue weighted by molar-refractivity contribution is 6.01. The largest absolute Gasteiger partial charge is 0.394 e. The summed E-state index contributed by atoms with van der Waals surface area (Å²) < 4.78 is 32.4. The van der Waals surface area contributed by atoms with Crippen molar-refractivity contribution in [2.75, 3.05) is 72.4 Å². The summed E-state index contributed by atoms with van der Waals surface area (Å²) in [6.07, 6.45) is -25.3. The van der Waals surface area contributed by atoms with E-state index >= 15 is 0 Å². The van der Waals surface area contributed by atoms with E-state index in [1.54, 1.807) is 0 Å². The Morgan fingerprint density at radius 1 is 0.552 bits per heavy atom. The number of unbranched alkanes of at least 4 members (excludes halogenated alkanes) is 1. The van der Waals surface area contributed by atoms with Crippen LogP contribution in [0, 0.1) is 0 Å². The van der Waals surface area contributed by atoms with Gasteiger partial charge in [0.25, 0.3) is 11.8 Å². The van der Waals surface area contributed by atoms with Crippen molar-refractivity contribution >= 4 is 35.5 Å². The van der Waals surface area contributed by atoms with Gasteiger partial charge in [-0.1, -0.05) is 0 Å². The van der Waals surface area contributed by atoms with Crippen LogP contribution < -0.4 is 5.32 Å². The molecule has 384 valence electrons. The molecule has 29 heteroatoms. The van der Waals surface area contributed by atoms with Crippen LogP contribution in [0.4, 0.5) is 0 Å². The van der Waals surface area contributed by atoms with Gasteiger partial charge in [-0.15, -0.1) is 5.06 Å². The second kappa shape index (κ2) is 26.9. The topological polar surface area (TPSA) is 432 Å².